The van der Waals surface area contributed by atoms with Gasteiger partial charge in [0.25, 0.3) is 0 Å². The number of nitrogens with one attached hydrogen (secondary N) is 1. The summed E-state index contributed by atoms with van der Waals surface area (Å²) < 4.78 is 0. The normalized spacial score (nSPS) is 17.2. The fraction of sp³-hybridized carbons (Fsp3) is 0.409. The van der Waals surface area contributed by atoms with Gasteiger partial charge in [0.05, 0.1) is 6.04 Å². The number of pyridine rings is 1. The zero-order valence-corrected chi connectivity index (χ0v) is 16.6. The maximum atomic E-state index is 12.8. The summed E-state index contributed by atoms with van der Waals surface area (Å²) in [6.45, 7) is 1.49. The fourth-order valence-electron chi connectivity index (χ4n) is 3.61. The smallest absolute Gasteiger partial charge is 0.243 e. The second-order valence-electron chi connectivity index (χ2n) is 7.43. The molecule has 1 fully saturated rings. The molecule has 0 aliphatic carbocycles. The van der Waals surface area contributed by atoms with Crippen LogP contribution >= 0.6 is 0 Å². The van der Waals surface area contributed by atoms with Crippen LogP contribution < -0.4 is 16.8 Å². The lowest BCUT2D eigenvalue weighted by Crippen LogP contribution is -2.51. The average Bonchev–Trinajstić information content (AvgIpc) is 3.26. The summed E-state index contributed by atoms with van der Waals surface area (Å²) in [6.07, 6.45) is 6.19. The summed E-state index contributed by atoms with van der Waals surface area (Å²) in [6, 6.07) is 10.6. The second-order valence-corrected chi connectivity index (χ2v) is 7.43. The van der Waals surface area contributed by atoms with Crippen LogP contribution in [0.1, 0.15) is 36.0 Å². The van der Waals surface area contributed by atoms with Gasteiger partial charge in [0, 0.05) is 32.0 Å². The van der Waals surface area contributed by atoms with Crippen molar-refractivity contribution in [3.8, 4) is 0 Å². The van der Waals surface area contributed by atoms with Crippen LogP contribution in [0.15, 0.2) is 48.8 Å². The van der Waals surface area contributed by atoms with Crippen LogP contribution in [0.2, 0.25) is 0 Å². The highest BCUT2D eigenvalue weighted by molar-refractivity contribution is 5.90. The molecule has 7 nitrogen and oxygen atoms in total. The largest absolute Gasteiger partial charge is 0.350 e. The summed E-state index contributed by atoms with van der Waals surface area (Å²) >= 11 is 0. The Morgan fingerprint density at radius 3 is 2.62 bits per heavy atom. The zero-order valence-electron chi connectivity index (χ0n) is 16.6. The van der Waals surface area contributed by atoms with Crippen molar-refractivity contribution >= 4 is 11.8 Å². The molecule has 2 atom stereocenters. The van der Waals surface area contributed by atoms with Crippen molar-refractivity contribution < 1.29 is 9.59 Å². The molecule has 0 saturated carbocycles. The number of aryl methyl sites for hydroxylation is 1. The van der Waals surface area contributed by atoms with E-state index in [0.717, 1.165) is 23.1 Å². The van der Waals surface area contributed by atoms with E-state index in [2.05, 4.69) is 10.3 Å². The monoisotopic (exact) mass is 395 g/mol. The Kier molecular flexibility index (Phi) is 7.32. The highest BCUT2D eigenvalue weighted by Gasteiger charge is 2.35. The fourth-order valence-corrected chi connectivity index (χ4v) is 3.61. The lowest BCUT2D eigenvalue weighted by molar-refractivity contribution is -0.139. The molecule has 7 heteroatoms. The van der Waals surface area contributed by atoms with Gasteiger partial charge in [0.1, 0.15) is 6.04 Å². The Morgan fingerprint density at radius 1 is 1.17 bits per heavy atom. The van der Waals surface area contributed by atoms with Gasteiger partial charge in [-0.15, -0.1) is 0 Å². The second kappa shape index (κ2) is 10.1. The average molecular weight is 396 g/mol. The molecule has 2 heterocycles. The molecule has 2 amide bonds. The van der Waals surface area contributed by atoms with E-state index in [1.807, 2.05) is 36.4 Å². The lowest BCUT2D eigenvalue weighted by atomic mass is 10.1. The van der Waals surface area contributed by atoms with Gasteiger partial charge in [-0.1, -0.05) is 30.3 Å². The van der Waals surface area contributed by atoms with Gasteiger partial charge in [0.15, 0.2) is 0 Å². The van der Waals surface area contributed by atoms with E-state index in [-0.39, 0.29) is 11.8 Å². The number of likely N-dealkylation sites (tertiary alicyclic amines) is 1. The Morgan fingerprint density at radius 2 is 1.93 bits per heavy atom. The summed E-state index contributed by atoms with van der Waals surface area (Å²) in [5.74, 6) is -0.281. The van der Waals surface area contributed by atoms with Crippen LogP contribution in [0.4, 0.5) is 0 Å². The molecular formula is C22H29N5O2. The summed E-state index contributed by atoms with van der Waals surface area (Å²) in [5, 5.41) is 2.95. The number of carbonyl (C=O) groups excluding carboxylic acids is 2. The number of carbonyl (C=O) groups is 2. The Labute approximate surface area is 171 Å². The molecule has 2 aromatic rings. The van der Waals surface area contributed by atoms with Crippen molar-refractivity contribution in [1.29, 1.82) is 0 Å². The maximum absolute atomic E-state index is 12.8. The third-order valence-electron chi connectivity index (χ3n) is 5.35. The number of benzene rings is 1. The first kappa shape index (κ1) is 21.0. The van der Waals surface area contributed by atoms with Crippen molar-refractivity contribution in [2.45, 2.75) is 50.9 Å². The van der Waals surface area contributed by atoms with Crippen molar-refractivity contribution in [1.82, 2.24) is 15.2 Å². The van der Waals surface area contributed by atoms with Crippen LogP contribution in [-0.4, -0.2) is 40.3 Å². The first-order valence-electron chi connectivity index (χ1n) is 10.1. The minimum absolute atomic E-state index is 0.127. The molecule has 3 rings (SSSR count). The Bertz CT molecular complexity index is 810. The molecule has 1 aromatic heterocycles. The molecule has 1 aromatic carbocycles. The maximum Gasteiger partial charge on any atom is 0.243 e. The van der Waals surface area contributed by atoms with Crippen LogP contribution in [0.25, 0.3) is 0 Å². The van der Waals surface area contributed by atoms with E-state index in [4.69, 9.17) is 11.5 Å². The lowest BCUT2D eigenvalue weighted by Gasteiger charge is -2.26. The first-order chi connectivity index (χ1) is 14.1. The van der Waals surface area contributed by atoms with E-state index in [9.17, 15) is 9.59 Å². The number of nitrogens with two attached hydrogens (primary N) is 2. The third kappa shape index (κ3) is 5.62. The van der Waals surface area contributed by atoms with Crippen molar-refractivity contribution in [2.75, 3.05) is 6.54 Å². The van der Waals surface area contributed by atoms with Gasteiger partial charge in [-0.3, -0.25) is 14.6 Å². The van der Waals surface area contributed by atoms with Gasteiger partial charge in [-0.05, 0) is 48.4 Å². The minimum atomic E-state index is -0.618. The molecule has 2 unspecified atom stereocenters. The topological polar surface area (TPSA) is 114 Å². The molecule has 1 aliphatic rings. The van der Waals surface area contributed by atoms with Gasteiger partial charge < -0.3 is 21.7 Å². The van der Waals surface area contributed by atoms with Crippen molar-refractivity contribution in [3.05, 3.63) is 65.5 Å². The standard InChI is InChI=1S/C22H29N5O2/c23-13-16-5-7-18(8-6-16)15-26-21(28)20-4-2-12-27(20)22(29)19(24)10-9-17-3-1-11-25-14-17/h1,3,5-8,11,14,19-20H,2,4,9-10,12-13,15,23-24H2,(H,26,28). The molecule has 154 valence electrons. The molecule has 1 aliphatic heterocycles. The number of hydrogen-bond donors (Lipinski definition) is 3. The van der Waals surface area contributed by atoms with E-state index in [0.29, 0.717) is 38.9 Å². The Hall–Kier alpha value is -2.77. The van der Waals surface area contributed by atoms with Crippen LogP contribution in [0.3, 0.4) is 0 Å². The molecular weight excluding hydrogens is 366 g/mol. The van der Waals surface area contributed by atoms with Gasteiger partial charge in [0.2, 0.25) is 11.8 Å². The SMILES string of the molecule is NCc1ccc(CNC(=O)C2CCCN2C(=O)C(N)CCc2cccnc2)cc1. The highest BCUT2D eigenvalue weighted by Crippen LogP contribution is 2.19. The van der Waals surface area contributed by atoms with E-state index >= 15 is 0 Å². The van der Waals surface area contributed by atoms with Gasteiger partial charge >= 0.3 is 0 Å². The summed E-state index contributed by atoms with van der Waals surface area (Å²) in [5.41, 5.74) is 14.8. The Balaban J connectivity index is 1.52. The summed E-state index contributed by atoms with van der Waals surface area (Å²) in [4.78, 5) is 31.2. The number of hydrogen-bond acceptors (Lipinski definition) is 5. The third-order valence-corrected chi connectivity index (χ3v) is 5.35. The van der Waals surface area contributed by atoms with Crippen molar-refractivity contribution in [2.24, 2.45) is 11.5 Å². The molecule has 1 saturated heterocycles. The quantitative estimate of drug-likeness (QED) is 0.619. The van der Waals surface area contributed by atoms with Crippen LogP contribution in [-0.2, 0) is 29.1 Å². The first-order valence-corrected chi connectivity index (χ1v) is 10.1. The predicted octanol–water partition coefficient (Wildman–Crippen LogP) is 1.11. The van der Waals surface area contributed by atoms with E-state index in [1.165, 1.54) is 0 Å². The number of nitrogens with zero attached hydrogens (tertiary/aromatic N) is 2. The summed E-state index contributed by atoms with van der Waals surface area (Å²) in [7, 11) is 0. The molecule has 0 bridgehead atoms. The number of aromatic nitrogens is 1. The molecule has 0 spiro atoms. The van der Waals surface area contributed by atoms with Crippen molar-refractivity contribution in [3.63, 3.8) is 0 Å². The molecule has 0 radical (unpaired) electrons. The van der Waals surface area contributed by atoms with Gasteiger partial charge in [-0.25, -0.2) is 0 Å². The van der Waals surface area contributed by atoms with E-state index < -0.39 is 12.1 Å². The predicted molar refractivity (Wildman–Crippen MR) is 111 cm³/mol. The van der Waals surface area contributed by atoms with Crippen LogP contribution in [0, 0.1) is 0 Å². The number of amides is 2. The molecule has 5 N–H and O–H groups in total. The van der Waals surface area contributed by atoms with Crippen LogP contribution in [0.5, 0.6) is 0 Å². The highest BCUT2D eigenvalue weighted by atomic mass is 16.2. The molecule has 29 heavy (non-hydrogen) atoms. The number of rotatable bonds is 8. The van der Waals surface area contributed by atoms with Gasteiger partial charge in [-0.2, -0.15) is 0 Å². The zero-order chi connectivity index (χ0) is 20.6. The minimum Gasteiger partial charge on any atom is -0.350 e. The van der Waals surface area contributed by atoms with E-state index in [1.54, 1.807) is 17.3 Å².